The zero-order chi connectivity index (χ0) is 18.6. The second kappa shape index (κ2) is 19.9. The van der Waals surface area contributed by atoms with Crippen molar-refractivity contribution in [1.82, 2.24) is 0 Å². The highest BCUT2D eigenvalue weighted by Gasteiger charge is 2.00. The van der Waals surface area contributed by atoms with E-state index in [9.17, 15) is 0 Å². The van der Waals surface area contributed by atoms with Gasteiger partial charge in [0.1, 0.15) is 0 Å². The van der Waals surface area contributed by atoms with Crippen LogP contribution in [0.15, 0.2) is 0 Å². The normalized spacial score (nSPS) is 13.3. The molecule has 0 N–H and O–H groups in total. The minimum atomic E-state index is 0.795. The zero-order valence-corrected chi connectivity index (χ0v) is 18.2. The maximum atomic E-state index is 3.41. The van der Waals surface area contributed by atoms with Crippen LogP contribution in [0, 0.1) is 23.7 Å². The van der Waals surface area contributed by atoms with Crippen molar-refractivity contribution in [3.05, 3.63) is 0 Å². The Morgan fingerprint density at radius 2 is 1.08 bits per heavy atom. The summed E-state index contributed by atoms with van der Waals surface area (Å²) in [7, 11) is 0. The monoisotopic (exact) mass is 348 g/mol. The highest BCUT2D eigenvalue weighted by atomic mass is 14.1. The minimum Gasteiger partial charge on any atom is -0.103 e. The molecule has 2 atom stereocenters. The van der Waals surface area contributed by atoms with Gasteiger partial charge in [0.15, 0.2) is 0 Å². The first-order valence-electron chi connectivity index (χ1n) is 11.7. The standard InChI is InChI=1S/C25H48/c1-5-7-17-21-25(4)23-19-16-14-12-10-8-9-11-13-15-18-22-24(3)20-6-2/h24-25H,5-15,17-18,20-23H2,1-4H3. The molecular formula is C25H48. The van der Waals surface area contributed by atoms with E-state index in [0.717, 1.165) is 24.7 Å². The molecule has 0 fully saturated rings. The van der Waals surface area contributed by atoms with E-state index in [1.165, 1.54) is 96.3 Å². The Hall–Kier alpha value is -0.440. The molecule has 0 aliphatic rings. The maximum Gasteiger partial charge on any atom is 0.0114 e. The molecule has 25 heavy (non-hydrogen) atoms. The summed E-state index contributed by atoms with van der Waals surface area (Å²) < 4.78 is 0. The van der Waals surface area contributed by atoms with E-state index in [-0.39, 0.29) is 0 Å². The lowest BCUT2D eigenvalue weighted by atomic mass is 9.98. The van der Waals surface area contributed by atoms with E-state index in [2.05, 4.69) is 39.5 Å². The van der Waals surface area contributed by atoms with Crippen LogP contribution >= 0.6 is 0 Å². The highest BCUT2D eigenvalue weighted by molar-refractivity contribution is 4.99. The van der Waals surface area contributed by atoms with E-state index >= 15 is 0 Å². The van der Waals surface area contributed by atoms with E-state index in [1.807, 2.05) is 0 Å². The molecule has 0 aromatic carbocycles. The molecule has 0 aromatic heterocycles. The molecule has 0 bridgehead atoms. The van der Waals surface area contributed by atoms with Gasteiger partial charge in [-0.2, -0.15) is 0 Å². The van der Waals surface area contributed by atoms with Gasteiger partial charge < -0.3 is 0 Å². The fourth-order valence-corrected chi connectivity index (χ4v) is 3.58. The van der Waals surface area contributed by atoms with Crippen LogP contribution in [0.3, 0.4) is 0 Å². The lowest BCUT2D eigenvalue weighted by Crippen LogP contribution is -1.93. The molecular weight excluding hydrogens is 300 g/mol. The van der Waals surface area contributed by atoms with Crippen LogP contribution in [0.4, 0.5) is 0 Å². The van der Waals surface area contributed by atoms with Crippen LogP contribution < -0.4 is 0 Å². The van der Waals surface area contributed by atoms with Crippen molar-refractivity contribution < 1.29 is 0 Å². The molecule has 0 spiro atoms. The molecule has 148 valence electrons. The van der Waals surface area contributed by atoms with Gasteiger partial charge in [0.25, 0.3) is 0 Å². The van der Waals surface area contributed by atoms with Crippen molar-refractivity contribution in [3.63, 3.8) is 0 Å². The number of hydrogen-bond donors (Lipinski definition) is 0. The van der Waals surface area contributed by atoms with Crippen LogP contribution in [0.25, 0.3) is 0 Å². The fraction of sp³-hybridized carbons (Fsp3) is 0.920. The van der Waals surface area contributed by atoms with Gasteiger partial charge in [0.05, 0.1) is 0 Å². The molecule has 0 heteroatoms. The Morgan fingerprint density at radius 1 is 0.520 bits per heavy atom. The third kappa shape index (κ3) is 19.7. The van der Waals surface area contributed by atoms with Gasteiger partial charge in [0, 0.05) is 12.8 Å². The van der Waals surface area contributed by atoms with E-state index in [4.69, 9.17) is 0 Å². The van der Waals surface area contributed by atoms with Crippen LogP contribution in [0.1, 0.15) is 137 Å². The average molecular weight is 349 g/mol. The van der Waals surface area contributed by atoms with Crippen LogP contribution in [-0.4, -0.2) is 0 Å². The molecule has 0 nitrogen and oxygen atoms in total. The SMILES string of the molecule is CCCCCC(C)CC#CCCCCCCCCCCC(C)CCC. The maximum absolute atomic E-state index is 3.41. The second-order valence-electron chi connectivity index (χ2n) is 8.42. The van der Waals surface area contributed by atoms with E-state index < -0.39 is 0 Å². The van der Waals surface area contributed by atoms with Crippen molar-refractivity contribution in [2.24, 2.45) is 11.8 Å². The Bertz CT molecular complexity index is 306. The summed E-state index contributed by atoms with van der Waals surface area (Å²) >= 11 is 0. The molecule has 0 saturated carbocycles. The molecule has 0 rings (SSSR count). The predicted octanol–water partition coefficient (Wildman–Crippen LogP) is 8.93. The van der Waals surface area contributed by atoms with E-state index in [0.29, 0.717) is 0 Å². The van der Waals surface area contributed by atoms with Gasteiger partial charge in [-0.3, -0.25) is 0 Å². The van der Waals surface area contributed by atoms with Crippen molar-refractivity contribution in [3.8, 4) is 11.8 Å². The largest absolute Gasteiger partial charge is 0.103 e. The highest BCUT2D eigenvalue weighted by Crippen LogP contribution is 2.16. The van der Waals surface area contributed by atoms with Crippen LogP contribution in [-0.2, 0) is 0 Å². The molecule has 0 amide bonds. The molecule has 0 saturated heterocycles. The van der Waals surface area contributed by atoms with Gasteiger partial charge in [-0.15, -0.1) is 11.8 Å². The topological polar surface area (TPSA) is 0 Å². The third-order valence-corrected chi connectivity index (χ3v) is 5.41. The average Bonchev–Trinajstić information content (AvgIpc) is 2.59. The summed E-state index contributed by atoms with van der Waals surface area (Å²) in [5, 5.41) is 0. The summed E-state index contributed by atoms with van der Waals surface area (Å²) in [4.78, 5) is 0. The first kappa shape index (κ1) is 24.6. The minimum absolute atomic E-state index is 0.795. The van der Waals surface area contributed by atoms with Gasteiger partial charge in [0.2, 0.25) is 0 Å². The summed E-state index contributed by atoms with van der Waals surface area (Å²) in [5.74, 6) is 8.55. The summed E-state index contributed by atoms with van der Waals surface area (Å²) in [6.07, 6.45) is 23.3. The Balaban J connectivity index is 3.25. The lowest BCUT2D eigenvalue weighted by molar-refractivity contribution is 0.450. The van der Waals surface area contributed by atoms with Gasteiger partial charge in [-0.05, 0) is 24.7 Å². The molecule has 0 heterocycles. The predicted molar refractivity (Wildman–Crippen MR) is 116 cm³/mol. The van der Waals surface area contributed by atoms with Gasteiger partial charge in [-0.25, -0.2) is 0 Å². The van der Waals surface area contributed by atoms with Gasteiger partial charge >= 0.3 is 0 Å². The first-order valence-corrected chi connectivity index (χ1v) is 11.7. The fourth-order valence-electron chi connectivity index (χ4n) is 3.58. The summed E-state index contributed by atoms with van der Waals surface area (Å²) in [5.41, 5.74) is 0. The first-order chi connectivity index (χ1) is 12.2. The zero-order valence-electron chi connectivity index (χ0n) is 18.2. The van der Waals surface area contributed by atoms with E-state index in [1.54, 1.807) is 0 Å². The van der Waals surface area contributed by atoms with Crippen LogP contribution in [0.2, 0.25) is 0 Å². The number of unbranched alkanes of at least 4 members (excludes halogenated alkanes) is 10. The van der Waals surface area contributed by atoms with Crippen molar-refractivity contribution in [1.29, 1.82) is 0 Å². The second-order valence-corrected chi connectivity index (χ2v) is 8.42. The molecule has 0 radical (unpaired) electrons. The lowest BCUT2D eigenvalue weighted by Gasteiger charge is -2.09. The summed E-state index contributed by atoms with van der Waals surface area (Å²) in [6.45, 7) is 9.35. The number of hydrogen-bond acceptors (Lipinski definition) is 0. The third-order valence-electron chi connectivity index (χ3n) is 5.41. The van der Waals surface area contributed by atoms with Crippen molar-refractivity contribution in [2.75, 3.05) is 0 Å². The molecule has 0 aliphatic heterocycles. The smallest absolute Gasteiger partial charge is 0.0114 e. The van der Waals surface area contributed by atoms with Crippen molar-refractivity contribution in [2.45, 2.75) is 137 Å². The quantitative estimate of drug-likeness (QED) is 0.182. The molecule has 0 aromatic rings. The van der Waals surface area contributed by atoms with Crippen LogP contribution in [0.5, 0.6) is 0 Å². The number of rotatable bonds is 17. The Labute approximate surface area is 160 Å². The Morgan fingerprint density at radius 3 is 1.72 bits per heavy atom. The molecule has 2 unspecified atom stereocenters. The Kier molecular flexibility index (Phi) is 19.5. The van der Waals surface area contributed by atoms with Crippen molar-refractivity contribution >= 4 is 0 Å². The summed E-state index contributed by atoms with van der Waals surface area (Å²) in [6, 6.07) is 0. The van der Waals surface area contributed by atoms with Gasteiger partial charge in [-0.1, -0.05) is 111 Å². The molecule has 0 aliphatic carbocycles.